The molecule has 19 heavy (non-hydrogen) atoms. The van der Waals surface area contributed by atoms with Gasteiger partial charge in [0.15, 0.2) is 0 Å². The number of hydrogen-bond donors (Lipinski definition) is 0. The smallest absolute Gasteiger partial charge is 0.469 e. The standard InChI is InChI=1S/C11H9F5O3/c1-18-9(17)5-6-2-3-8(19-11(14,15)16)7(4-6)10(12)13/h2-4,10H,5H2,1H3. The zero-order valence-corrected chi connectivity index (χ0v) is 9.63. The van der Waals surface area contributed by atoms with E-state index in [1.165, 1.54) is 0 Å². The van der Waals surface area contributed by atoms with Gasteiger partial charge in [0, 0.05) is 0 Å². The van der Waals surface area contributed by atoms with Crippen LogP contribution in [0.3, 0.4) is 0 Å². The van der Waals surface area contributed by atoms with Crippen LogP contribution in [-0.2, 0) is 16.0 Å². The Morgan fingerprint density at radius 2 is 1.95 bits per heavy atom. The SMILES string of the molecule is COC(=O)Cc1ccc(OC(F)(F)F)c(C(F)F)c1. The summed E-state index contributed by atoms with van der Waals surface area (Å²) >= 11 is 0. The minimum Gasteiger partial charge on any atom is -0.469 e. The summed E-state index contributed by atoms with van der Waals surface area (Å²) < 4.78 is 69.1. The molecule has 0 saturated carbocycles. The molecule has 3 nitrogen and oxygen atoms in total. The molecule has 0 saturated heterocycles. The predicted octanol–water partition coefficient (Wildman–Crippen LogP) is 3.24. The second-order valence-corrected chi connectivity index (χ2v) is 3.47. The minimum absolute atomic E-state index is 0.108. The first-order valence-corrected chi connectivity index (χ1v) is 4.96. The van der Waals surface area contributed by atoms with Gasteiger partial charge in [-0.3, -0.25) is 4.79 Å². The topological polar surface area (TPSA) is 35.5 Å². The Bertz CT molecular complexity index is 456. The predicted molar refractivity (Wildman–Crippen MR) is 53.8 cm³/mol. The molecule has 0 spiro atoms. The Hall–Kier alpha value is -1.86. The number of alkyl halides is 5. The largest absolute Gasteiger partial charge is 0.573 e. The van der Waals surface area contributed by atoms with Gasteiger partial charge in [-0.05, 0) is 17.7 Å². The zero-order valence-electron chi connectivity index (χ0n) is 9.63. The van der Waals surface area contributed by atoms with Gasteiger partial charge in [0.25, 0.3) is 6.43 Å². The number of benzene rings is 1. The third-order valence-corrected chi connectivity index (χ3v) is 2.11. The number of ether oxygens (including phenoxy) is 2. The molecule has 0 fully saturated rings. The monoisotopic (exact) mass is 284 g/mol. The summed E-state index contributed by atoms with van der Waals surface area (Å²) in [6, 6.07) is 2.61. The molecule has 0 heterocycles. The fourth-order valence-electron chi connectivity index (χ4n) is 1.33. The Balaban J connectivity index is 3.04. The molecule has 0 atom stereocenters. The van der Waals surface area contributed by atoms with E-state index < -0.39 is 30.1 Å². The molecule has 0 N–H and O–H groups in total. The second kappa shape index (κ2) is 5.85. The lowest BCUT2D eigenvalue weighted by molar-refractivity contribution is -0.275. The summed E-state index contributed by atoms with van der Waals surface area (Å²) in [6.07, 6.45) is -8.54. The third-order valence-electron chi connectivity index (χ3n) is 2.11. The Morgan fingerprint density at radius 1 is 1.32 bits per heavy atom. The molecule has 0 radical (unpaired) electrons. The number of carbonyl (C=O) groups excluding carboxylic acids is 1. The average Bonchev–Trinajstić information content (AvgIpc) is 2.28. The molecule has 8 heteroatoms. The van der Waals surface area contributed by atoms with E-state index in [9.17, 15) is 26.7 Å². The first-order chi connectivity index (χ1) is 8.73. The van der Waals surface area contributed by atoms with Crippen molar-refractivity contribution in [1.82, 2.24) is 0 Å². The number of methoxy groups -OCH3 is 1. The van der Waals surface area contributed by atoms with Crippen molar-refractivity contribution in [3.63, 3.8) is 0 Å². The van der Waals surface area contributed by atoms with Gasteiger partial charge in [-0.25, -0.2) is 8.78 Å². The molecule has 0 unspecified atom stereocenters. The molecule has 0 bridgehead atoms. The quantitative estimate of drug-likeness (QED) is 0.629. The molecule has 1 aromatic carbocycles. The van der Waals surface area contributed by atoms with Crippen LogP contribution >= 0.6 is 0 Å². The van der Waals surface area contributed by atoms with Gasteiger partial charge in [0.1, 0.15) is 5.75 Å². The number of hydrogen-bond acceptors (Lipinski definition) is 3. The van der Waals surface area contributed by atoms with E-state index in [1.807, 2.05) is 0 Å². The van der Waals surface area contributed by atoms with Crippen LogP contribution in [-0.4, -0.2) is 19.4 Å². The van der Waals surface area contributed by atoms with Crippen molar-refractivity contribution in [3.05, 3.63) is 29.3 Å². The maximum atomic E-state index is 12.6. The van der Waals surface area contributed by atoms with Crippen LogP contribution in [0.25, 0.3) is 0 Å². The molecular weight excluding hydrogens is 275 g/mol. The van der Waals surface area contributed by atoms with Crippen LogP contribution in [0, 0.1) is 0 Å². The number of halogens is 5. The maximum Gasteiger partial charge on any atom is 0.573 e. The maximum absolute atomic E-state index is 12.6. The van der Waals surface area contributed by atoms with Gasteiger partial charge in [-0.1, -0.05) is 6.07 Å². The highest BCUT2D eigenvalue weighted by Gasteiger charge is 2.33. The van der Waals surface area contributed by atoms with E-state index in [1.54, 1.807) is 0 Å². The molecule has 1 rings (SSSR count). The molecule has 0 aliphatic rings. The van der Waals surface area contributed by atoms with Gasteiger partial charge in [-0.2, -0.15) is 0 Å². The van der Waals surface area contributed by atoms with E-state index in [0.29, 0.717) is 0 Å². The van der Waals surface area contributed by atoms with Gasteiger partial charge in [0.2, 0.25) is 0 Å². The number of rotatable bonds is 4. The van der Waals surface area contributed by atoms with Crippen molar-refractivity contribution >= 4 is 5.97 Å². The van der Waals surface area contributed by atoms with Gasteiger partial charge >= 0.3 is 12.3 Å². The van der Waals surface area contributed by atoms with E-state index in [-0.39, 0.29) is 12.0 Å². The highest BCUT2D eigenvalue weighted by molar-refractivity contribution is 5.72. The van der Waals surface area contributed by atoms with Gasteiger partial charge < -0.3 is 9.47 Å². The van der Waals surface area contributed by atoms with E-state index >= 15 is 0 Å². The van der Waals surface area contributed by atoms with Crippen molar-refractivity contribution in [2.75, 3.05) is 7.11 Å². The van der Waals surface area contributed by atoms with E-state index in [2.05, 4.69) is 9.47 Å². The fourth-order valence-corrected chi connectivity index (χ4v) is 1.33. The Labute approximate surface area is 104 Å². The van der Waals surface area contributed by atoms with Gasteiger partial charge in [0.05, 0.1) is 19.1 Å². The first-order valence-electron chi connectivity index (χ1n) is 4.96. The molecule has 0 amide bonds. The van der Waals surface area contributed by atoms with Crippen LogP contribution in [0.5, 0.6) is 5.75 Å². The highest BCUT2D eigenvalue weighted by atomic mass is 19.4. The number of esters is 1. The van der Waals surface area contributed by atoms with Crippen molar-refractivity contribution in [2.45, 2.75) is 19.2 Å². The normalized spacial score (nSPS) is 11.5. The highest BCUT2D eigenvalue weighted by Crippen LogP contribution is 2.33. The van der Waals surface area contributed by atoms with Crippen molar-refractivity contribution in [2.24, 2.45) is 0 Å². The van der Waals surface area contributed by atoms with Gasteiger partial charge in [-0.15, -0.1) is 13.2 Å². The summed E-state index contributed by atoms with van der Waals surface area (Å²) in [5.41, 5.74) is -0.824. The second-order valence-electron chi connectivity index (χ2n) is 3.47. The molecule has 0 aliphatic heterocycles. The van der Waals surface area contributed by atoms with Crippen LogP contribution in [0.2, 0.25) is 0 Å². The fraction of sp³-hybridized carbons (Fsp3) is 0.364. The van der Waals surface area contributed by atoms with E-state index in [0.717, 1.165) is 25.3 Å². The lowest BCUT2D eigenvalue weighted by Crippen LogP contribution is -2.18. The van der Waals surface area contributed by atoms with Crippen molar-refractivity contribution in [3.8, 4) is 5.75 Å². The van der Waals surface area contributed by atoms with Crippen LogP contribution < -0.4 is 4.74 Å². The first kappa shape index (κ1) is 15.2. The van der Waals surface area contributed by atoms with Crippen LogP contribution in [0.15, 0.2) is 18.2 Å². The summed E-state index contributed by atoms with van der Waals surface area (Å²) in [4.78, 5) is 11.0. The molecule has 0 aliphatic carbocycles. The van der Waals surface area contributed by atoms with Crippen molar-refractivity contribution < 1.29 is 36.2 Å². The summed E-state index contributed by atoms with van der Waals surface area (Å²) in [6.45, 7) is 0. The Morgan fingerprint density at radius 3 is 2.42 bits per heavy atom. The number of carbonyl (C=O) groups is 1. The lowest BCUT2D eigenvalue weighted by atomic mass is 10.1. The zero-order chi connectivity index (χ0) is 14.6. The molecule has 106 valence electrons. The Kier molecular flexibility index (Phi) is 4.68. The third kappa shape index (κ3) is 4.72. The van der Waals surface area contributed by atoms with E-state index in [4.69, 9.17) is 0 Å². The summed E-state index contributed by atoms with van der Waals surface area (Å²) in [5.74, 6) is -1.68. The summed E-state index contributed by atoms with van der Waals surface area (Å²) in [7, 11) is 1.11. The molecule has 0 aromatic heterocycles. The average molecular weight is 284 g/mol. The summed E-state index contributed by atoms with van der Waals surface area (Å²) in [5, 5.41) is 0. The van der Waals surface area contributed by atoms with Crippen LogP contribution in [0.1, 0.15) is 17.6 Å². The minimum atomic E-state index is -5.06. The van der Waals surface area contributed by atoms with Crippen LogP contribution in [0.4, 0.5) is 22.0 Å². The van der Waals surface area contributed by atoms with Crippen molar-refractivity contribution in [1.29, 1.82) is 0 Å². The molecule has 1 aromatic rings. The molecular formula is C11H9F5O3. The lowest BCUT2D eigenvalue weighted by Gasteiger charge is -2.13.